The Hall–Kier alpha value is -1.23. The van der Waals surface area contributed by atoms with E-state index >= 15 is 0 Å². The maximum absolute atomic E-state index is 15.0. The fourth-order valence-corrected chi connectivity index (χ4v) is 8.68. The molecule has 7 atom stereocenters. The molecular weight excluding hydrogens is 461 g/mol. The molecule has 0 unspecified atom stereocenters. The predicted molar refractivity (Wildman–Crippen MR) is 141 cm³/mol. The van der Waals surface area contributed by atoms with Gasteiger partial charge in [0.05, 0.1) is 12.2 Å². The minimum absolute atomic E-state index is 0.221. The van der Waals surface area contributed by atoms with E-state index in [0.29, 0.717) is 29.2 Å². The van der Waals surface area contributed by atoms with E-state index in [9.17, 15) is 14.7 Å². The van der Waals surface area contributed by atoms with Gasteiger partial charge in [0.15, 0.2) is 5.66 Å². The highest BCUT2D eigenvalue weighted by molar-refractivity contribution is 7.54. The fourth-order valence-electron chi connectivity index (χ4n) is 6.23. The van der Waals surface area contributed by atoms with Gasteiger partial charge < -0.3 is 9.05 Å². The lowest BCUT2D eigenvalue weighted by atomic mass is 9.75. The van der Waals surface area contributed by atoms with Gasteiger partial charge in [0.25, 0.3) is 0 Å². The van der Waals surface area contributed by atoms with Crippen LogP contribution in [0.5, 0.6) is 0 Å². The monoisotopic (exact) mass is 507 g/mol. The van der Waals surface area contributed by atoms with E-state index in [1.54, 1.807) is 0 Å². The Kier molecular flexibility index (Phi) is 9.99. The lowest BCUT2D eigenvalue weighted by molar-refractivity contribution is -0.480. The van der Waals surface area contributed by atoms with E-state index in [2.05, 4.69) is 41.5 Å². The molecule has 0 N–H and O–H groups in total. The Morgan fingerprint density at radius 1 is 0.886 bits per heavy atom. The van der Waals surface area contributed by atoms with Gasteiger partial charge in [-0.25, -0.2) is 0 Å². The summed E-state index contributed by atoms with van der Waals surface area (Å²) in [4.78, 5) is 11.5. The van der Waals surface area contributed by atoms with Gasteiger partial charge in [-0.1, -0.05) is 84.7 Å². The Bertz CT molecular complexity index is 822. The molecule has 2 saturated carbocycles. The average molecular weight is 508 g/mol. The van der Waals surface area contributed by atoms with Crippen molar-refractivity contribution in [3.8, 4) is 0 Å². The Morgan fingerprint density at radius 2 is 1.34 bits per heavy atom. The van der Waals surface area contributed by atoms with E-state index in [0.717, 1.165) is 38.5 Å². The van der Waals surface area contributed by atoms with Crippen LogP contribution in [0.2, 0.25) is 0 Å². The van der Waals surface area contributed by atoms with Crippen molar-refractivity contribution in [2.45, 2.75) is 97.9 Å². The molecule has 7 heteroatoms. The number of nitro groups is 1. The van der Waals surface area contributed by atoms with Gasteiger partial charge in [0.2, 0.25) is 6.54 Å². The summed E-state index contributed by atoms with van der Waals surface area (Å²) in [5, 5.41) is 11.8. The second-order valence-corrected chi connectivity index (χ2v) is 14.0. The number of hydrogen-bond donors (Lipinski definition) is 0. The summed E-state index contributed by atoms with van der Waals surface area (Å²) in [6.07, 6.45) is 5.46. The average Bonchev–Trinajstić information content (AvgIpc) is 2.77. The minimum Gasteiger partial charge on any atom is -0.304 e. The zero-order valence-electron chi connectivity index (χ0n) is 22.5. The summed E-state index contributed by atoms with van der Waals surface area (Å²) < 4.78 is 28.3. The van der Waals surface area contributed by atoms with Crippen molar-refractivity contribution in [2.24, 2.45) is 35.5 Å². The molecule has 2 aliphatic rings. The van der Waals surface area contributed by atoms with Crippen molar-refractivity contribution in [3.05, 3.63) is 46.0 Å². The van der Waals surface area contributed by atoms with Crippen molar-refractivity contribution in [1.82, 2.24) is 0 Å². The second kappa shape index (κ2) is 12.3. The predicted octanol–water partition coefficient (Wildman–Crippen LogP) is 8.15. The van der Waals surface area contributed by atoms with Gasteiger partial charge in [0.1, 0.15) is 0 Å². The zero-order chi connectivity index (χ0) is 25.8. The van der Waals surface area contributed by atoms with Gasteiger partial charge in [-0.15, -0.1) is 0 Å². The van der Waals surface area contributed by atoms with Crippen LogP contribution >= 0.6 is 7.60 Å². The third-order valence-corrected chi connectivity index (χ3v) is 10.7. The molecule has 3 rings (SSSR count). The maximum atomic E-state index is 15.0. The van der Waals surface area contributed by atoms with Crippen LogP contribution in [0.1, 0.15) is 91.3 Å². The lowest BCUT2D eigenvalue weighted by Gasteiger charge is -2.43. The molecular formula is C28H46NO5P. The highest BCUT2D eigenvalue weighted by Crippen LogP contribution is 2.65. The van der Waals surface area contributed by atoms with Crippen molar-refractivity contribution in [2.75, 3.05) is 6.54 Å². The first-order chi connectivity index (χ1) is 16.5. The summed E-state index contributed by atoms with van der Waals surface area (Å²) in [6.45, 7) is 12.7. The Morgan fingerprint density at radius 3 is 1.74 bits per heavy atom. The van der Waals surface area contributed by atoms with Gasteiger partial charge >= 0.3 is 7.60 Å². The quantitative estimate of drug-likeness (QED) is 0.181. The van der Waals surface area contributed by atoms with Crippen LogP contribution in [-0.4, -0.2) is 23.7 Å². The second-order valence-electron chi connectivity index (χ2n) is 11.9. The first kappa shape index (κ1) is 28.3. The summed E-state index contributed by atoms with van der Waals surface area (Å²) in [5.41, 5.74) is -0.267. The molecule has 1 aromatic rings. The van der Waals surface area contributed by atoms with E-state index in [4.69, 9.17) is 9.05 Å². The smallest absolute Gasteiger partial charge is 0.304 e. The van der Waals surface area contributed by atoms with Crippen molar-refractivity contribution < 1.29 is 18.5 Å². The minimum atomic E-state index is -3.89. The molecule has 0 saturated heterocycles. The molecule has 0 spiro atoms. The topological polar surface area (TPSA) is 78.7 Å². The molecule has 0 aliphatic heterocycles. The Balaban J connectivity index is 2.03. The molecule has 6 nitrogen and oxygen atoms in total. The molecule has 0 bridgehead atoms. The highest BCUT2D eigenvalue weighted by Gasteiger charge is 2.48. The third kappa shape index (κ3) is 7.40. The van der Waals surface area contributed by atoms with Gasteiger partial charge in [-0.2, -0.15) is 0 Å². The molecule has 1 aromatic carbocycles. The lowest BCUT2D eigenvalue weighted by Crippen LogP contribution is -2.37. The summed E-state index contributed by atoms with van der Waals surface area (Å²) >= 11 is 0. The molecule has 0 heterocycles. The van der Waals surface area contributed by atoms with E-state index in [-0.39, 0.29) is 29.0 Å². The third-order valence-electron chi connectivity index (χ3n) is 8.38. The summed E-state index contributed by atoms with van der Waals surface area (Å²) in [6, 6.07) is 9.19. The molecule has 0 radical (unpaired) electrons. The molecule has 2 aliphatic carbocycles. The number of hydrogen-bond acceptors (Lipinski definition) is 5. The van der Waals surface area contributed by atoms with E-state index in [1.165, 1.54) is 0 Å². The van der Waals surface area contributed by atoms with Crippen LogP contribution in [0.25, 0.3) is 0 Å². The van der Waals surface area contributed by atoms with Crippen LogP contribution in [0, 0.1) is 45.6 Å². The normalized spacial score (nSPS) is 31.0. The van der Waals surface area contributed by atoms with E-state index in [1.807, 2.05) is 30.3 Å². The van der Waals surface area contributed by atoms with Crippen LogP contribution in [-0.2, 0) is 13.6 Å². The molecule has 35 heavy (non-hydrogen) atoms. The first-order valence-electron chi connectivity index (χ1n) is 13.6. The van der Waals surface area contributed by atoms with Crippen molar-refractivity contribution >= 4 is 7.60 Å². The Labute approximate surface area is 212 Å². The van der Waals surface area contributed by atoms with Gasteiger partial charge in [-0.3, -0.25) is 14.7 Å². The first-order valence-corrected chi connectivity index (χ1v) is 15.2. The molecule has 0 aromatic heterocycles. The fraction of sp³-hybridized carbons (Fsp3) is 0.786. The standard InChI is InChI=1S/C28H46NO5P/c1-19(2)24-14-12-21(5)16-26(24)33-35(32,28(18-29(30)31)23-10-8-7-9-11-23)34-27-17-22(6)13-15-25(27)20(3)4/h7-11,19-22,24-28H,12-18H2,1-6H3/t21-,22-,24-,25-,26-,27-,28-/m1/s1. The van der Waals surface area contributed by atoms with Crippen LogP contribution in [0.4, 0.5) is 0 Å². The zero-order valence-corrected chi connectivity index (χ0v) is 23.4. The molecule has 2 fully saturated rings. The SMILES string of the molecule is CC(C)[C@H]1CC[C@@H](C)C[C@H]1OP(=O)(O[C@@H]1C[C@H](C)CC[C@@H]1C(C)C)[C@H](C[N+](=O)[O-])c1ccccc1. The van der Waals surface area contributed by atoms with Gasteiger partial charge in [-0.05, 0) is 66.8 Å². The van der Waals surface area contributed by atoms with Crippen molar-refractivity contribution in [1.29, 1.82) is 0 Å². The summed E-state index contributed by atoms with van der Waals surface area (Å²) in [5.74, 6) is 2.22. The number of rotatable bonds is 10. The highest BCUT2D eigenvalue weighted by atomic mass is 31.2. The summed E-state index contributed by atoms with van der Waals surface area (Å²) in [7, 11) is -3.89. The maximum Gasteiger partial charge on any atom is 0.345 e. The number of benzene rings is 1. The van der Waals surface area contributed by atoms with Gasteiger partial charge in [0, 0.05) is 4.92 Å². The van der Waals surface area contributed by atoms with Crippen LogP contribution in [0.3, 0.4) is 0 Å². The van der Waals surface area contributed by atoms with E-state index < -0.39 is 19.8 Å². The largest absolute Gasteiger partial charge is 0.345 e. The molecule has 198 valence electrons. The van der Waals surface area contributed by atoms with Crippen molar-refractivity contribution in [3.63, 3.8) is 0 Å². The van der Waals surface area contributed by atoms with Crippen LogP contribution < -0.4 is 0 Å². The molecule has 0 amide bonds. The van der Waals surface area contributed by atoms with Crippen LogP contribution in [0.15, 0.2) is 30.3 Å². The number of nitrogens with zero attached hydrogens (tertiary/aromatic N) is 1.